The van der Waals surface area contributed by atoms with Gasteiger partial charge in [-0.3, -0.25) is 4.79 Å². The number of hydrogen-bond donors (Lipinski definition) is 3. The number of aromatic nitrogens is 3. The van der Waals surface area contributed by atoms with Gasteiger partial charge >= 0.3 is 0 Å². The molecule has 12 heteroatoms. The zero-order chi connectivity index (χ0) is 24.6. The number of carbonyl (C=O) groups excluding carboxylic acids is 1. The Hall–Kier alpha value is -4.08. The molecule has 0 aliphatic carbocycles. The van der Waals surface area contributed by atoms with Crippen LogP contribution >= 0.6 is 11.3 Å². The summed E-state index contributed by atoms with van der Waals surface area (Å²) in [5, 5.41) is 10.1. The minimum absolute atomic E-state index is 0.0592. The monoisotopic (exact) mass is 493 g/mol. The van der Waals surface area contributed by atoms with Crippen LogP contribution in [0.4, 0.5) is 17.5 Å². The standard InChI is InChI=1S/C22H19N7O3S2/c1-11(2)15-14(10-23)20(25)28-21-16(15)17(24)19(33-21)18(30)12-4-6-13(7-5-12)34(31,32)29-22-26-8-3-9-27-22/h3-9,11H,24H2,1-2H3,(H2,25,28)(H,26,27,29). The minimum atomic E-state index is -3.94. The molecule has 4 rings (SSSR count). The molecular formula is C22H19N7O3S2. The number of thiophene rings is 1. The predicted octanol–water partition coefficient (Wildman–Crippen LogP) is 3.28. The van der Waals surface area contributed by atoms with Gasteiger partial charge in [-0.25, -0.2) is 28.1 Å². The van der Waals surface area contributed by atoms with Crippen molar-refractivity contribution in [2.45, 2.75) is 24.7 Å². The Labute approximate surface area is 199 Å². The maximum atomic E-state index is 13.2. The number of fused-ring (bicyclic) bond motifs is 1. The van der Waals surface area contributed by atoms with E-state index in [-0.39, 0.29) is 44.3 Å². The van der Waals surface area contributed by atoms with Crippen LogP contribution in [0.3, 0.4) is 0 Å². The molecule has 0 amide bonds. The Morgan fingerprint density at radius 2 is 1.79 bits per heavy atom. The zero-order valence-electron chi connectivity index (χ0n) is 18.1. The molecule has 0 aliphatic heterocycles. The van der Waals surface area contributed by atoms with Gasteiger partial charge in [-0.15, -0.1) is 11.3 Å². The van der Waals surface area contributed by atoms with Crippen molar-refractivity contribution in [2.75, 3.05) is 16.2 Å². The fourth-order valence-corrected chi connectivity index (χ4v) is 5.55. The predicted molar refractivity (Wildman–Crippen MR) is 130 cm³/mol. The average Bonchev–Trinajstić information content (AvgIpc) is 3.13. The molecular weight excluding hydrogens is 474 g/mol. The molecule has 0 aliphatic rings. The normalized spacial score (nSPS) is 11.5. The number of sulfonamides is 1. The largest absolute Gasteiger partial charge is 0.397 e. The van der Waals surface area contributed by atoms with Crippen LogP contribution in [0.2, 0.25) is 0 Å². The lowest BCUT2D eigenvalue weighted by Crippen LogP contribution is -2.15. The van der Waals surface area contributed by atoms with Gasteiger partial charge in [-0.05, 0) is 41.8 Å². The van der Waals surface area contributed by atoms with Crippen LogP contribution in [-0.4, -0.2) is 29.2 Å². The van der Waals surface area contributed by atoms with Gasteiger partial charge in [-0.1, -0.05) is 13.8 Å². The number of benzene rings is 1. The molecule has 3 aromatic heterocycles. The van der Waals surface area contributed by atoms with Gasteiger partial charge in [0.05, 0.1) is 16.1 Å². The number of nitriles is 1. The Morgan fingerprint density at radius 3 is 2.38 bits per heavy atom. The summed E-state index contributed by atoms with van der Waals surface area (Å²) >= 11 is 1.08. The number of anilines is 3. The van der Waals surface area contributed by atoms with E-state index in [0.717, 1.165) is 11.3 Å². The third-order valence-corrected chi connectivity index (χ3v) is 7.50. The van der Waals surface area contributed by atoms with Crippen molar-refractivity contribution >= 4 is 54.8 Å². The summed E-state index contributed by atoms with van der Waals surface area (Å²) in [6, 6.07) is 9.06. The maximum absolute atomic E-state index is 13.2. The number of nitrogens with zero attached hydrogens (tertiary/aromatic N) is 4. The smallest absolute Gasteiger partial charge is 0.264 e. The molecule has 172 valence electrons. The summed E-state index contributed by atoms with van der Waals surface area (Å²) in [5.74, 6) is -0.447. The Morgan fingerprint density at radius 1 is 1.15 bits per heavy atom. The van der Waals surface area contributed by atoms with Gasteiger partial charge in [0.15, 0.2) is 0 Å². The van der Waals surface area contributed by atoms with Crippen LogP contribution < -0.4 is 16.2 Å². The van der Waals surface area contributed by atoms with Gasteiger partial charge < -0.3 is 11.5 Å². The zero-order valence-corrected chi connectivity index (χ0v) is 19.7. The highest BCUT2D eigenvalue weighted by Gasteiger charge is 2.25. The summed E-state index contributed by atoms with van der Waals surface area (Å²) in [7, 11) is -3.94. The number of pyridine rings is 1. The Balaban J connectivity index is 1.71. The third kappa shape index (κ3) is 4.02. The first-order valence-electron chi connectivity index (χ1n) is 10.00. The molecule has 0 saturated heterocycles. The van der Waals surface area contributed by atoms with Gasteiger partial charge in [0.2, 0.25) is 11.7 Å². The number of hydrogen-bond acceptors (Lipinski definition) is 10. The van der Waals surface area contributed by atoms with Crippen molar-refractivity contribution in [1.82, 2.24) is 15.0 Å². The summed E-state index contributed by atoms with van der Waals surface area (Å²) in [6.45, 7) is 3.81. The molecule has 1 aromatic carbocycles. The SMILES string of the molecule is CC(C)c1c(C#N)c(N)nc2sc(C(=O)c3ccc(S(=O)(=O)Nc4ncccn4)cc3)c(N)c12. The van der Waals surface area contributed by atoms with E-state index in [2.05, 4.69) is 25.7 Å². The summed E-state index contributed by atoms with van der Waals surface area (Å²) in [6.07, 6.45) is 2.82. The number of nitrogens with one attached hydrogen (secondary N) is 1. The second-order valence-corrected chi connectivity index (χ2v) is 10.3. The fraction of sp³-hybridized carbons (Fsp3) is 0.136. The first kappa shape index (κ1) is 23.1. The van der Waals surface area contributed by atoms with Gasteiger partial charge in [0.25, 0.3) is 10.0 Å². The fourth-order valence-electron chi connectivity index (χ4n) is 3.51. The molecule has 3 heterocycles. The molecule has 0 spiro atoms. The molecule has 0 radical (unpaired) electrons. The van der Waals surface area contributed by atoms with E-state index in [0.29, 0.717) is 15.8 Å². The van der Waals surface area contributed by atoms with E-state index < -0.39 is 15.8 Å². The molecule has 0 saturated carbocycles. The van der Waals surface area contributed by atoms with E-state index in [1.165, 1.54) is 36.7 Å². The van der Waals surface area contributed by atoms with Crippen LogP contribution in [0.15, 0.2) is 47.6 Å². The number of nitrogens with two attached hydrogens (primary N) is 2. The van der Waals surface area contributed by atoms with Gasteiger partial charge in [0.1, 0.15) is 21.6 Å². The molecule has 10 nitrogen and oxygen atoms in total. The number of ketones is 1. The van der Waals surface area contributed by atoms with Crippen molar-refractivity contribution in [1.29, 1.82) is 5.26 Å². The van der Waals surface area contributed by atoms with E-state index in [1.54, 1.807) is 6.07 Å². The van der Waals surface area contributed by atoms with Gasteiger partial charge in [0, 0.05) is 23.3 Å². The van der Waals surface area contributed by atoms with E-state index in [9.17, 15) is 18.5 Å². The minimum Gasteiger partial charge on any atom is -0.397 e. The highest BCUT2D eigenvalue weighted by molar-refractivity contribution is 7.92. The number of rotatable bonds is 6. The summed E-state index contributed by atoms with van der Waals surface area (Å²) in [5.41, 5.74) is 13.7. The number of nitrogen functional groups attached to an aromatic ring is 2. The highest BCUT2D eigenvalue weighted by atomic mass is 32.2. The highest BCUT2D eigenvalue weighted by Crippen LogP contribution is 2.41. The summed E-state index contributed by atoms with van der Waals surface area (Å²) in [4.78, 5) is 25.8. The van der Waals surface area contributed by atoms with Crippen LogP contribution in [0.25, 0.3) is 10.2 Å². The molecule has 34 heavy (non-hydrogen) atoms. The van der Waals surface area contributed by atoms with Crippen LogP contribution in [0.1, 0.15) is 46.1 Å². The van der Waals surface area contributed by atoms with Crippen molar-refractivity contribution in [3.63, 3.8) is 0 Å². The van der Waals surface area contributed by atoms with Crippen molar-refractivity contribution < 1.29 is 13.2 Å². The first-order chi connectivity index (χ1) is 16.1. The quantitative estimate of drug-likeness (QED) is 0.340. The lowest BCUT2D eigenvalue weighted by molar-refractivity contribution is 0.104. The first-order valence-corrected chi connectivity index (χ1v) is 12.3. The molecule has 4 aromatic rings. The van der Waals surface area contributed by atoms with E-state index >= 15 is 0 Å². The van der Waals surface area contributed by atoms with Crippen molar-refractivity contribution in [3.05, 3.63) is 64.3 Å². The topological polar surface area (TPSA) is 178 Å². The van der Waals surface area contributed by atoms with E-state index in [4.69, 9.17) is 11.5 Å². The Bertz CT molecular complexity index is 1560. The average molecular weight is 494 g/mol. The molecule has 0 fully saturated rings. The molecule has 0 unspecified atom stereocenters. The molecule has 0 bridgehead atoms. The Kier molecular flexibility index (Phi) is 5.90. The van der Waals surface area contributed by atoms with Crippen LogP contribution in [0.5, 0.6) is 0 Å². The second kappa shape index (κ2) is 8.69. The van der Waals surface area contributed by atoms with Crippen molar-refractivity contribution in [2.24, 2.45) is 0 Å². The van der Waals surface area contributed by atoms with Crippen molar-refractivity contribution in [3.8, 4) is 6.07 Å². The molecule has 0 atom stereocenters. The number of carbonyl (C=O) groups is 1. The summed E-state index contributed by atoms with van der Waals surface area (Å²) < 4.78 is 27.4. The molecule has 5 N–H and O–H groups in total. The van der Waals surface area contributed by atoms with Gasteiger partial charge in [-0.2, -0.15) is 5.26 Å². The second-order valence-electron chi connectivity index (χ2n) is 7.61. The van der Waals surface area contributed by atoms with E-state index in [1.807, 2.05) is 13.8 Å². The van der Waals surface area contributed by atoms with Crippen LogP contribution in [0, 0.1) is 11.3 Å². The third-order valence-electron chi connectivity index (χ3n) is 5.06. The lowest BCUT2D eigenvalue weighted by atomic mass is 9.94. The maximum Gasteiger partial charge on any atom is 0.264 e. The lowest BCUT2D eigenvalue weighted by Gasteiger charge is -2.12. The van der Waals surface area contributed by atoms with Crippen LogP contribution in [-0.2, 0) is 10.0 Å².